The van der Waals surface area contributed by atoms with E-state index in [2.05, 4.69) is 0 Å². The number of hydrogen-bond donors (Lipinski definition) is 2. The van der Waals surface area contributed by atoms with Crippen LogP contribution in [0.5, 0.6) is 5.75 Å². The molecular formula is C15H21F3O3. The zero-order chi connectivity index (χ0) is 16.0. The van der Waals surface area contributed by atoms with Crippen molar-refractivity contribution in [1.29, 1.82) is 0 Å². The third-order valence-electron chi connectivity index (χ3n) is 3.35. The summed E-state index contributed by atoms with van der Waals surface area (Å²) in [6, 6.07) is 3.26. The van der Waals surface area contributed by atoms with E-state index in [1.54, 1.807) is 0 Å². The van der Waals surface area contributed by atoms with Gasteiger partial charge in [0.15, 0.2) is 0 Å². The molecule has 120 valence electrons. The summed E-state index contributed by atoms with van der Waals surface area (Å²) in [7, 11) is 1.38. The number of ether oxygens (including phenoxy) is 1. The normalized spacial score (nSPS) is 14.8. The highest BCUT2D eigenvalue weighted by atomic mass is 19.4. The molecule has 0 aliphatic heterocycles. The summed E-state index contributed by atoms with van der Waals surface area (Å²) in [5.41, 5.74) is -0.378. The van der Waals surface area contributed by atoms with Gasteiger partial charge in [-0.25, -0.2) is 0 Å². The number of aliphatic hydroxyl groups is 2. The number of halogens is 3. The van der Waals surface area contributed by atoms with E-state index >= 15 is 0 Å². The summed E-state index contributed by atoms with van der Waals surface area (Å²) >= 11 is 0. The summed E-state index contributed by atoms with van der Waals surface area (Å²) < 4.78 is 43.1. The molecule has 0 bridgehead atoms. The van der Waals surface area contributed by atoms with Crippen LogP contribution in [0.25, 0.3) is 0 Å². The van der Waals surface area contributed by atoms with Crippen LogP contribution in [0.2, 0.25) is 0 Å². The summed E-state index contributed by atoms with van der Waals surface area (Å²) in [6.07, 6.45) is -4.66. The maximum Gasteiger partial charge on any atom is 0.416 e. The minimum Gasteiger partial charge on any atom is -0.496 e. The summed E-state index contributed by atoms with van der Waals surface area (Å²) in [5.74, 6) is 0.347. The van der Waals surface area contributed by atoms with E-state index in [9.17, 15) is 23.4 Å². The Balaban J connectivity index is 2.81. The van der Waals surface area contributed by atoms with Gasteiger partial charge in [0.1, 0.15) is 5.75 Å². The quantitative estimate of drug-likeness (QED) is 0.813. The number of aliphatic hydroxyl groups excluding tert-OH is 2. The molecule has 1 rings (SSSR count). The fourth-order valence-corrected chi connectivity index (χ4v) is 2.13. The zero-order valence-electron chi connectivity index (χ0n) is 12.2. The van der Waals surface area contributed by atoms with Gasteiger partial charge in [-0.05, 0) is 43.0 Å². The van der Waals surface area contributed by atoms with Crippen molar-refractivity contribution in [3.63, 3.8) is 0 Å². The standard InChI is InChI=1S/C15H21F3O3/c1-3-4-12(19)13(20)7-5-10-9-11(15(16,17)18)6-8-14(10)21-2/h6,8-9,12-13,19-20H,3-5,7H2,1-2H3. The Morgan fingerprint density at radius 3 is 2.29 bits per heavy atom. The lowest BCUT2D eigenvalue weighted by atomic mass is 9.99. The van der Waals surface area contributed by atoms with E-state index in [0.29, 0.717) is 17.7 Å². The van der Waals surface area contributed by atoms with Crippen LogP contribution in [-0.4, -0.2) is 29.5 Å². The lowest BCUT2D eigenvalue weighted by molar-refractivity contribution is -0.137. The Morgan fingerprint density at radius 1 is 1.14 bits per heavy atom. The largest absolute Gasteiger partial charge is 0.496 e. The molecule has 2 atom stereocenters. The van der Waals surface area contributed by atoms with Crippen molar-refractivity contribution in [1.82, 2.24) is 0 Å². The highest BCUT2D eigenvalue weighted by molar-refractivity contribution is 5.38. The van der Waals surface area contributed by atoms with Crippen molar-refractivity contribution in [3.05, 3.63) is 29.3 Å². The van der Waals surface area contributed by atoms with Crippen LogP contribution in [0.1, 0.15) is 37.3 Å². The average molecular weight is 306 g/mol. The Morgan fingerprint density at radius 2 is 1.76 bits per heavy atom. The van der Waals surface area contributed by atoms with E-state index in [1.807, 2.05) is 6.92 Å². The zero-order valence-corrected chi connectivity index (χ0v) is 12.2. The molecule has 0 aliphatic carbocycles. The minimum absolute atomic E-state index is 0.179. The average Bonchev–Trinajstić information content (AvgIpc) is 2.43. The van der Waals surface area contributed by atoms with E-state index in [-0.39, 0.29) is 12.8 Å². The van der Waals surface area contributed by atoms with Crippen LogP contribution in [0.15, 0.2) is 18.2 Å². The van der Waals surface area contributed by atoms with Gasteiger partial charge in [0.05, 0.1) is 24.9 Å². The molecule has 1 aromatic carbocycles. The predicted octanol–water partition coefficient (Wildman–Crippen LogP) is 3.17. The van der Waals surface area contributed by atoms with Gasteiger partial charge >= 0.3 is 6.18 Å². The van der Waals surface area contributed by atoms with Crippen molar-refractivity contribution in [2.24, 2.45) is 0 Å². The third kappa shape index (κ3) is 5.21. The van der Waals surface area contributed by atoms with Crippen LogP contribution < -0.4 is 4.74 Å². The van der Waals surface area contributed by atoms with Crippen LogP contribution in [-0.2, 0) is 12.6 Å². The smallest absolute Gasteiger partial charge is 0.416 e. The first kappa shape index (κ1) is 17.8. The monoisotopic (exact) mass is 306 g/mol. The van der Waals surface area contributed by atoms with Gasteiger partial charge in [-0.3, -0.25) is 0 Å². The molecule has 2 N–H and O–H groups in total. The van der Waals surface area contributed by atoms with Crippen LogP contribution in [0, 0.1) is 0 Å². The molecule has 6 heteroatoms. The first-order valence-electron chi connectivity index (χ1n) is 6.89. The molecule has 0 saturated heterocycles. The molecule has 0 amide bonds. The van der Waals surface area contributed by atoms with Crippen molar-refractivity contribution in [3.8, 4) is 5.75 Å². The predicted molar refractivity (Wildman–Crippen MR) is 73.2 cm³/mol. The van der Waals surface area contributed by atoms with E-state index in [4.69, 9.17) is 4.74 Å². The van der Waals surface area contributed by atoms with E-state index < -0.39 is 23.9 Å². The van der Waals surface area contributed by atoms with Crippen LogP contribution in [0.4, 0.5) is 13.2 Å². The van der Waals surface area contributed by atoms with Gasteiger partial charge in [-0.1, -0.05) is 13.3 Å². The van der Waals surface area contributed by atoms with Gasteiger partial charge in [0, 0.05) is 0 Å². The Labute approximate surface area is 122 Å². The van der Waals surface area contributed by atoms with E-state index in [0.717, 1.165) is 18.6 Å². The van der Waals surface area contributed by atoms with Gasteiger partial charge in [0.25, 0.3) is 0 Å². The first-order chi connectivity index (χ1) is 9.79. The Bertz CT molecular complexity index is 446. The topological polar surface area (TPSA) is 49.7 Å². The molecule has 0 aromatic heterocycles. The number of methoxy groups -OCH3 is 1. The number of rotatable bonds is 7. The molecule has 0 radical (unpaired) electrons. The number of benzene rings is 1. The van der Waals surface area contributed by atoms with Crippen LogP contribution in [0.3, 0.4) is 0 Å². The second-order valence-electron chi connectivity index (χ2n) is 4.99. The number of hydrogen-bond acceptors (Lipinski definition) is 3. The van der Waals surface area contributed by atoms with Crippen molar-refractivity contribution in [2.75, 3.05) is 7.11 Å². The van der Waals surface area contributed by atoms with Crippen molar-refractivity contribution >= 4 is 0 Å². The Hall–Kier alpha value is -1.27. The summed E-state index contributed by atoms with van der Waals surface area (Å²) in [5, 5.41) is 19.4. The van der Waals surface area contributed by atoms with Crippen molar-refractivity contribution < 1.29 is 28.1 Å². The lowest BCUT2D eigenvalue weighted by Crippen LogP contribution is -2.26. The second kappa shape index (κ2) is 7.66. The minimum atomic E-state index is -4.42. The fourth-order valence-electron chi connectivity index (χ4n) is 2.13. The third-order valence-corrected chi connectivity index (χ3v) is 3.35. The lowest BCUT2D eigenvalue weighted by Gasteiger charge is -2.18. The molecule has 3 nitrogen and oxygen atoms in total. The molecule has 0 fully saturated rings. The molecule has 21 heavy (non-hydrogen) atoms. The van der Waals surface area contributed by atoms with E-state index in [1.165, 1.54) is 13.2 Å². The molecule has 0 heterocycles. The number of aryl methyl sites for hydroxylation is 1. The maximum absolute atomic E-state index is 12.7. The van der Waals surface area contributed by atoms with Gasteiger partial charge < -0.3 is 14.9 Å². The van der Waals surface area contributed by atoms with Gasteiger partial charge in [0.2, 0.25) is 0 Å². The summed E-state index contributed by atoms with van der Waals surface area (Å²) in [6.45, 7) is 1.88. The maximum atomic E-state index is 12.7. The van der Waals surface area contributed by atoms with Gasteiger partial charge in [-0.2, -0.15) is 13.2 Å². The molecule has 0 saturated carbocycles. The summed E-state index contributed by atoms with van der Waals surface area (Å²) in [4.78, 5) is 0. The molecule has 0 spiro atoms. The molecular weight excluding hydrogens is 285 g/mol. The van der Waals surface area contributed by atoms with Gasteiger partial charge in [-0.15, -0.1) is 0 Å². The van der Waals surface area contributed by atoms with Crippen LogP contribution >= 0.6 is 0 Å². The highest BCUT2D eigenvalue weighted by Gasteiger charge is 2.31. The Kier molecular flexibility index (Phi) is 6.48. The number of alkyl halides is 3. The first-order valence-corrected chi connectivity index (χ1v) is 6.89. The second-order valence-corrected chi connectivity index (χ2v) is 4.99. The molecule has 1 aromatic rings. The highest BCUT2D eigenvalue weighted by Crippen LogP contribution is 2.33. The molecule has 2 unspecified atom stereocenters. The molecule has 0 aliphatic rings. The fraction of sp³-hybridized carbons (Fsp3) is 0.600. The van der Waals surface area contributed by atoms with Crippen molar-refractivity contribution in [2.45, 2.75) is 51.0 Å². The SMILES string of the molecule is CCCC(O)C(O)CCc1cc(C(F)(F)F)ccc1OC.